The number of hydrogen-bond acceptors (Lipinski definition) is 5. The molecule has 0 spiro atoms. The summed E-state index contributed by atoms with van der Waals surface area (Å²) in [5.41, 5.74) is 1.43. The van der Waals surface area contributed by atoms with E-state index >= 15 is 0 Å². The van der Waals surface area contributed by atoms with Gasteiger partial charge in [-0.05, 0) is 74.7 Å². The smallest absolute Gasteiger partial charge is 0.319 e. The number of sulfonamides is 1. The van der Waals surface area contributed by atoms with Gasteiger partial charge in [0.2, 0.25) is 10.0 Å². The van der Waals surface area contributed by atoms with Crippen LogP contribution in [0.3, 0.4) is 0 Å². The lowest BCUT2D eigenvalue weighted by Gasteiger charge is -2.39. The van der Waals surface area contributed by atoms with Crippen LogP contribution in [-0.4, -0.2) is 60.9 Å². The van der Waals surface area contributed by atoms with E-state index in [4.69, 9.17) is 0 Å². The van der Waals surface area contributed by atoms with Crippen molar-refractivity contribution in [2.75, 3.05) is 31.5 Å². The summed E-state index contributed by atoms with van der Waals surface area (Å²) >= 11 is 0. The average Bonchev–Trinajstić information content (AvgIpc) is 2.84. The number of anilines is 1. The lowest BCUT2D eigenvalue weighted by atomic mass is 10.0. The third kappa shape index (κ3) is 5.65. The summed E-state index contributed by atoms with van der Waals surface area (Å²) in [4.78, 5) is 18.9. The van der Waals surface area contributed by atoms with E-state index in [0.29, 0.717) is 31.4 Å². The number of nitrogens with zero attached hydrogens (tertiary/aromatic N) is 3. The second kappa shape index (κ2) is 10.4. The van der Waals surface area contributed by atoms with Gasteiger partial charge in [-0.1, -0.05) is 12.5 Å². The van der Waals surface area contributed by atoms with Gasteiger partial charge < -0.3 is 15.5 Å². The van der Waals surface area contributed by atoms with Crippen molar-refractivity contribution in [2.24, 2.45) is 0 Å². The molecule has 2 amide bonds. The molecule has 4 rings (SSSR count). The first-order chi connectivity index (χ1) is 15.5. The number of rotatable bonds is 6. The fourth-order valence-electron chi connectivity index (χ4n) is 4.45. The molecule has 0 saturated carbocycles. The number of benzene rings is 1. The molecule has 32 heavy (non-hydrogen) atoms. The molecule has 172 valence electrons. The van der Waals surface area contributed by atoms with Crippen LogP contribution in [0.15, 0.2) is 53.7 Å². The molecule has 0 atom stereocenters. The standard InChI is InChI=1S/C23H31N5O3S/c29-23(25-18-19-5-4-12-24-17-19)26-20-6-8-22(9-7-20)32(30,31)28-15-10-21(11-16-28)27-13-2-1-3-14-27/h4-9,12,17,21H,1-3,10-11,13-16,18H2,(H2,25,26,29). The summed E-state index contributed by atoms with van der Waals surface area (Å²) in [5.74, 6) is 0. The number of piperidine rings is 2. The highest BCUT2D eigenvalue weighted by molar-refractivity contribution is 7.89. The average molecular weight is 458 g/mol. The van der Waals surface area contributed by atoms with Crippen LogP contribution in [0.1, 0.15) is 37.7 Å². The van der Waals surface area contributed by atoms with Gasteiger partial charge in [-0.2, -0.15) is 4.31 Å². The predicted molar refractivity (Wildman–Crippen MR) is 124 cm³/mol. The van der Waals surface area contributed by atoms with Gasteiger partial charge in [0, 0.05) is 43.8 Å². The monoisotopic (exact) mass is 457 g/mol. The maximum absolute atomic E-state index is 13.1. The summed E-state index contributed by atoms with van der Waals surface area (Å²) in [6.07, 6.45) is 8.94. The van der Waals surface area contributed by atoms with Crippen molar-refractivity contribution in [2.45, 2.75) is 49.6 Å². The van der Waals surface area contributed by atoms with Gasteiger partial charge in [-0.25, -0.2) is 13.2 Å². The number of hydrogen-bond donors (Lipinski definition) is 2. The van der Waals surface area contributed by atoms with E-state index < -0.39 is 10.0 Å². The number of amides is 2. The van der Waals surface area contributed by atoms with Crippen LogP contribution in [0.5, 0.6) is 0 Å². The number of aromatic nitrogens is 1. The van der Waals surface area contributed by atoms with Crippen LogP contribution in [0.2, 0.25) is 0 Å². The molecular formula is C23H31N5O3S. The summed E-state index contributed by atoms with van der Waals surface area (Å²) in [6.45, 7) is 3.75. The minimum Gasteiger partial charge on any atom is -0.334 e. The zero-order valence-electron chi connectivity index (χ0n) is 18.2. The Balaban J connectivity index is 1.29. The zero-order valence-corrected chi connectivity index (χ0v) is 19.1. The van der Waals surface area contributed by atoms with Gasteiger partial charge in [-0.15, -0.1) is 0 Å². The molecule has 2 fully saturated rings. The summed E-state index contributed by atoms with van der Waals surface area (Å²) in [7, 11) is -3.53. The van der Waals surface area contributed by atoms with Crippen molar-refractivity contribution in [1.29, 1.82) is 0 Å². The van der Waals surface area contributed by atoms with Gasteiger partial charge in [0.15, 0.2) is 0 Å². The molecule has 2 N–H and O–H groups in total. The molecule has 1 aromatic heterocycles. The number of pyridine rings is 1. The minimum absolute atomic E-state index is 0.259. The van der Waals surface area contributed by atoms with E-state index in [1.807, 2.05) is 12.1 Å². The van der Waals surface area contributed by atoms with E-state index in [1.165, 1.54) is 19.3 Å². The van der Waals surface area contributed by atoms with E-state index in [2.05, 4.69) is 20.5 Å². The first kappa shape index (κ1) is 22.7. The van der Waals surface area contributed by atoms with E-state index in [0.717, 1.165) is 31.5 Å². The second-order valence-electron chi connectivity index (χ2n) is 8.43. The van der Waals surface area contributed by atoms with Gasteiger partial charge in [-0.3, -0.25) is 4.98 Å². The summed E-state index contributed by atoms with van der Waals surface area (Å²) < 4.78 is 27.7. The quantitative estimate of drug-likeness (QED) is 0.695. The van der Waals surface area contributed by atoms with E-state index in [1.54, 1.807) is 41.0 Å². The molecule has 0 radical (unpaired) electrons. The lowest BCUT2D eigenvalue weighted by Crippen LogP contribution is -2.48. The summed E-state index contributed by atoms with van der Waals surface area (Å²) in [5, 5.41) is 5.48. The van der Waals surface area contributed by atoms with Gasteiger partial charge >= 0.3 is 6.03 Å². The number of urea groups is 1. The van der Waals surface area contributed by atoms with Gasteiger partial charge in [0.1, 0.15) is 0 Å². The molecule has 0 bridgehead atoms. The highest BCUT2D eigenvalue weighted by Crippen LogP contribution is 2.25. The first-order valence-corrected chi connectivity index (χ1v) is 12.7. The van der Waals surface area contributed by atoms with Crippen molar-refractivity contribution in [3.05, 3.63) is 54.4 Å². The first-order valence-electron chi connectivity index (χ1n) is 11.3. The zero-order chi connectivity index (χ0) is 22.4. The number of nitrogens with one attached hydrogen (secondary N) is 2. The fraction of sp³-hybridized carbons (Fsp3) is 0.478. The molecule has 9 heteroatoms. The Kier molecular flexibility index (Phi) is 7.39. The van der Waals surface area contributed by atoms with Crippen LogP contribution < -0.4 is 10.6 Å². The Morgan fingerprint density at radius 3 is 2.38 bits per heavy atom. The Bertz CT molecular complexity index is 984. The van der Waals surface area contributed by atoms with Crippen molar-refractivity contribution >= 4 is 21.7 Å². The van der Waals surface area contributed by atoms with Crippen molar-refractivity contribution in [3.63, 3.8) is 0 Å². The van der Waals surface area contributed by atoms with Crippen LogP contribution in [0, 0.1) is 0 Å². The normalized spacial score (nSPS) is 18.9. The number of likely N-dealkylation sites (tertiary alicyclic amines) is 1. The molecule has 2 aromatic rings. The Labute approximate surface area is 190 Å². The molecule has 2 aliphatic heterocycles. The minimum atomic E-state index is -3.53. The van der Waals surface area contributed by atoms with E-state index in [9.17, 15) is 13.2 Å². The molecule has 2 saturated heterocycles. The number of carbonyl (C=O) groups excluding carboxylic acids is 1. The second-order valence-corrected chi connectivity index (χ2v) is 10.4. The highest BCUT2D eigenvalue weighted by Gasteiger charge is 2.32. The molecular weight excluding hydrogens is 426 g/mol. The lowest BCUT2D eigenvalue weighted by molar-refractivity contribution is 0.118. The number of carbonyl (C=O) groups is 1. The third-order valence-electron chi connectivity index (χ3n) is 6.26. The fourth-order valence-corrected chi connectivity index (χ4v) is 5.92. The van der Waals surface area contributed by atoms with Crippen LogP contribution >= 0.6 is 0 Å². The van der Waals surface area contributed by atoms with Crippen LogP contribution in [0.25, 0.3) is 0 Å². The molecule has 8 nitrogen and oxygen atoms in total. The molecule has 1 aromatic carbocycles. The Hall–Kier alpha value is -2.49. The molecule has 0 unspecified atom stereocenters. The highest BCUT2D eigenvalue weighted by atomic mass is 32.2. The van der Waals surface area contributed by atoms with Crippen molar-refractivity contribution in [1.82, 2.24) is 19.5 Å². The van der Waals surface area contributed by atoms with Gasteiger partial charge in [0.25, 0.3) is 0 Å². The van der Waals surface area contributed by atoms with Crippen molar-refractivity contribution in [3.8, 4) is 0 Å². The van der Waals surface area contributed by atoms with Crippen LogP contribution in [-0.2, 0) is 16.6 Å². The SMILES string of the molecule is O=C(NCc1cccnc1)Nc1ccc(S(=O)(=O)N2CCC(N3CCCCC3)CC2)cc1. The topological polar surface area (TPSA) is 94.6 Å². The van der Waals surface area contributed by atoms with Gasteiger partial charge in [0.05, 0.1) is 4.90 Å². The largest absolute Gasteiger partial charge is 0.334 e. The predicted octanol–water partition coefficient (Wildman–Crippen LogP) is 3.04. The van der Waals surface area contributed by atoms with Crippen molar-refractivity contribution < 1.29 is 13.2 Å². The van der Waals surface area contributed by atoms with Crippen LogP contribution in [0.4, 0.5) is 10.5 Å². The maximum atomic E-state index is 13.1. The maximum Gasteiger partial charge on any atom is 0.319 e. The Morgan fingerprint density at radius 1 is 1.00 bits per heavy atom. The summed E-state index contributed by atoms with van der Waals surface area (Å²) in [6, 6.07) is 10.2. The molecule has 2 aliphatic rings. The Morgan fingerprint density at radius 2 is 1.72 bits per heavy atom. The van der Waals surface area contributed by atoms with E-state index in [-0.39, 0.29) is 10.9 Å². The third-order valence-corrected chi connectivity index (χ3v) is 8.17. The molecule has 0 aliphatic carbocycles. The molecule has 3 heterocycles.